The van der Waals surface area contributed by atoms with Gasteiger partial charge in [0.05, 0.1) is 11.7 Å². The van der Waals surface area contributed by atoms with E-state index in [4.69, 9.17) is 5.10 Å². The van der Waals surface area contributed by atoms with Gasteiger partial charge < -0.3 is 5.32 Å². The number of hydrogen-bond acceptors (Lipinski definition) is 2. The van der Waals surface area contributed by atoms with Gasteiger partial charge >= 0.3 is 0 Å². The highest BCUT2D eigenvalue weighted by molar-refractivity contribution is 5.12. The van der Waals surface area contributed by atoms with Gasteiger partial charge in [0.15, 0.2) is 0 Å². The van der Waals surface area contributed by atoms with Crippen LogP contribution in [0.1, 0.15) is 70.5 Å². The molecule has 0 unspecified atom stereocenters. The highest BCUT2D eigenvalue weighted by Crippen LogP contribution is 2.27. The summed E-state index contributed by atoms with van der Waals surface area (Å²) in [6, 6.07) is 2.84. The molecule has 0 aliphatic heterocycles. The van der Waals surface area contributed by atoms with Crippen LogP contribution in [0.3, 0.4) is 0 Å². The Morgan fingerprint density at radius 1 is 1.33 bits per heavy atom. The number of allylic oxidation sites excluding steroid dienone is 1. The van der Waals surface area contributed by atoms with E-state index in [0.717, 1.165) is 25.9 Å². The first-order chi connectivity index (χ1) is 10.3. The minimum absolute atomic E-state index is 0.648. The minimum atomic E-state index is 0.648. The maximum absolute atomic E-state index is 4.79. The summed E-state index contributed by atoms with van der Waals surface area (Å²) in [4.78, 5) is 0. The maximum Gasteiger partial charge on any atom is 0.0664 e. The highest BCUT2D eigenvalue weighted by Gasteiger charge is 2.15. The van der Waals surface area contributed by atoms with Gasteiger partial charge in [-0.15, -0.1) is 0 Å². The largest absolute Gasteiger partial charge is 0.316 e. The molecule has 1 aliphatic carbocycles. The molecule has 1 N–H and O–H groups in total. The molecule has 1 aliphatic rings. The summed E-state index contributed by atoms with van der Waals surface area (Å²) in [6.45, 7) is 6.64. The molecule has 1 fully saturated rings. The Labute approximate surface area is 129 Å². The topological polar surface area (TPSA) is 29.9 Å². The Bertz CT molecular complexity index is 427. The molecule has 0 bridgehead atoms. The number of rotatable bonds is 8. The first-order valence-electron chi connectivity index (χ1n) is 8.70. The lowest BCUT2D eigenvalue weighted by atomic mass is 9.96. The van der Waals surface area contributed by atoms with Crippen LogP contribution in [-0.2, 0) is 6.42 Å². The summed E-state index contributed by atoms with van der Waals surface area (Å²) >= 11 is 0. The molecule has 21 heavy (non-hydrogen) atoms. The molecule has 2 rings (SSSR count). The van der Waals surface area contributed by atoms with E-state index in [1.54, 1.807) is 0 Å². The molecular weight excluding hydrogens is 258 g/mol. The van der Waals surface area contributed by atoms with E-state index < -0.39 is 0 Å². The van der Waals surface area contributed by atoms with E-state index in [1.165, 1.54) is 49.8 Å². The molecule has 0 saturated heterocycles. The zero-order valence-electron chi connectivity index (χ0n) is 13.8. The van der Waals surface area contributed by atoms with E-state index in [0.29, 0.717) is 6.04 Å². The zero-order chi connectivity index (χ0) is 14.9. The third-order valence-electron chi connectivity index (χ3n) is 4.31. The normalized spacial score (nSPS) is 17.3. The molecular formula is C18H31N3. The lowest BCUT2D eigenvalue weighted by molar-refractivity contribution is 0.328. The van der Waals surface area contributed by atoms with Gasteiger partial charge in [-0.2, -0.15) is 5.10 Å². The predicted molar refractivity (Wildman–Crippen MR) is 89.6 cm³/mol. The minimum Gasteiger partial charge on any atom is -0.316 e. The monoisotopic (exact) mass is 289 g/mol. The number of nitrogens with zero attached hydrogens (tertiary/aromatic N) is 2. The Kier molecular flexibility index (Phi) is 7.01. The van der Waals surface area contributed by atoms with Crippen molar-refractivity contribution in [3.63, 3.8) is 0 Å². The Balaban J connectivity index is 1.77. The van der Waals surface area contributed by atoms with Crippen molar-refractivity contribution in [1.29, 1.82) is 0 Å². The van der Waals surface area contributed by atoms with Crippen molar-refractivity contribution < 1.29 is 0 Å². The number of nitrogens with one attached hydrogen (secondary N) is 1. The highest BCUT2D eigenvalue weighted by atomic mass is 15.3. The van der Waals surface area contributed by atoms with Crippen LogP contribution in [0.15, 0.2) is 23.9 Å². The Morgan fingerprint density at radius 2 is 2.14 bits per heavy atom. The molecule has 0 aromatic carbocycles. The average molecular weight is 289 g/mol. The quantitative estimate of drug-likeness (QED) is 0.572. The van der Waals surface area contributed by atoms with Crippen LogP contribution in [0.25, 0.3) is 0 Å². The average Bonchev–Trinajstić information content (AvgIpc) is 2.96. The fourth-order valence-electron chi connectivity index (χ4n) is 3.10. The van der Waals surface area contributed by atoms with Crippen molar-refractivity contribution in [2.24, 2.45) is 0 Å². The third-order valence-corrected chi connectivity index (χ3v) is 4.31. The third kappa shape index (κ3) is 5.66. The molecule has 3 nitrogen and oxygen atoms in total. The number of aromatic nitrogens is 2. The van der Waals surface area contributed by atoms with E-state index in [-0.39, 0.29) is 0 Å². The standard InChI is InChI=1S/C18H31N3/c1-3-12-19-13-7-8-16(2)15-17-11-14-21(20-17)18-9-5-4-6-10-18/h8,11,14,18-19H,3-7,9-10,12-13,15H2,1-2H3. The van der Waals surface area contributed by atoms with Gasteiger partial charge in [-0.25, -0.2) is 0 Å². The van der Waals surface area contributed by atoms with Gasteiger partial charge in [0, 0.05) is 12.6 Å². The summed E-state index contributed by atoms with van der Waals surface area (Å²) in [7, 11) is 0. The molecule has 1 aromatic rings. The zero-order valence-corrected chi connectivity index (χ0v) is 13.8. The first-order valence-corrected chi connectivity index (χ1v) is 8.70. The Morgan fingerprint density at radius 3 is 2.90 bits per heavy atom. The fraction of sp³-hybridized carbons (Fsp3) is 0.722. The Hall–Kier alpha value is -1.09. The van der Waals surface area contributed by atoms with Gasteiger partial charge in [0.2, 0.25) is 0 Å². The van der Waals surface area contributed by atoms with Crippen LogP contribution >= 0.6 is 0 Å². The molecule has 3 heteroatoms. The first kappa shape index (κ1) is 16.3. The molecule has 0 amide bonds. The molecule has 118 valence electrons. The van der Waals surface area contributed by atoms with Gasteiger partial charge in [-0.1, -0.05) is 37.8 Å². The van der Waals surface area contributed by atoms with E-state index in [2.05, 4.69) is 42.2 Å². The van der Waals surface area contributed by atoms with Crippen molar-refractivity contribution in [1.82, 2.24) is 15.1 Å². The lowest BCUT2D eigenvalue weighted by Crippen LogP contribution is -2.15. The van der Waals surface area contributed by atoms with Crippen molar-refractivity contribution in [3.05, 3.63) is 29.6 Å². The maximum atomic E-state index is 4.79. The van der Waals surface area contributed by atoms with E-state index in [1.807, 2.05) is 0 Å². The fourth-order valence-corrected chi connectivity index (χ4v) is 3.10. The van der Waals surface area contributed by atoms with Crippen LogP contribution in [-0.4, -0.2) is 22.9 Å². The second kappa shape index (κ2) is 9.04. The van der Waals surface area contributed by atoms with Crippen LogP contribution in [0, 0.1) is 0 Å². The summed E-state index contributed by atoms with van der Waals surface area (Å²) in [5, 5.41) is 8.23. The van der Waals surface area contributed by atoms with Crippen molar-refractivity contribution >= 4 is 0 Å². The van der Waals surface area contributed by atoms with Crippen molar-refractivity contribution in [2.45, 2.75) is 71.3 Å². The molecule has 1 aromatic heterocycles. The molecule has 1 saturated carbocycles. The van der Waals surface area contributed by atoms with E-state index >= 15 is 0 Å². The summed E-state index contributed by atoms with van der Waals surface area (Å²) in [5.74, 6) is 0. The van der Waals surface area contributed by atoms with Crippen LogP contribution in [0.4, 0.5) is 0 Å². The SMILES string of the molecule is CCCNCCC=C(C)Cc1ccn(C2CCCCC2)n1. The summed E-state index contributed by atoms with van der Waals surface area (Å²) in [6.07, 6.45) is 14.6. The van der Waals surface area contributed by atoms with Gasteiger partial charge in [-0.05, 0) is 51.8 Å². The summed E-state index contributed by atoms with van der Waals surface area (Å²) < 4.78 is 2.21. The second-order valence-electron chi connectivity index (χ2n) is 6.34. The van der Waals surface area contributed by atoms with Crippen molar-refractivity contribution in [2.75, 3.05) is 13.1 Å². The van der Waals surface area contributed by atoms with Crippen LogP contribution in [0.5, 0.6) is 0 Å². The van der Waals surface area contributed by atoms with E-state index in [9.17, 15) is 0 Å². The predicted octanol–water partition coefficient (Wildman–Crippen LogP) is 4.27. The molecule has 0 spiro atoms. The molecule has 0 radical (unpaired) electrons. The van der Waals surface area contributed by atoms with Gasteiger partial charge in [-0.3, -0.25) is 4.68 Å². The molecule has 1 heterocycles. The van der Waals surface area contributed by atoms with Gasteiger partial charge in [0.25, 0.3) is 0 Å². The number of hydrogen-bond donors (Lipinski definition) is 1. The molecule has 0 atom stereocenters. The van der Waals surface area contributed by atoms with Crippen molar-refractivity contribution in [3.8, 4) is 0 Å². The van der Waals surface area contributed by atoms with Crippen LogP contribution in [0.2, 0.25) is 0 Å². The smallest absolute Gasteiger partial charge is 0.0664 e. The van der Waals surface area contributed by atoms with Gasteiger partial charge in [0.1, 0.15) is 0 Å². The second-order valence-corrected chi connectivity index (χ2v) is 6.34. The van der Waals surface area contributed by atoms with Crippen LogP contribution < -0.4 is 5.32 Å². The summed E-state index contributed by atoms with van der Waals surface area (Å²) in [5.41, 5.74) is 2.65. The lowest BCUT2D eigenvalue weighted by Gasteiger charge is -2.21.